The standard InChI is InChI=1S/C23H26N2O5/c26-19(24-23-9-14-5-15(10-23)7-16(6-14)11-23)13-30-21(28)12-25-20(27)8-17-3-1-2-4-18(17)22(25)29/h1-4,14-16H,5-13H2,(H,24,26). The molecule has 0 aromatic heterocycles. The highest BCUT2D eigenvalue weighted by molar-refractivity contribution is 6.11. The van der Waals surface area contributed by atoms with Crippen molar-refractivity contribution in [2.24, 2.45) is 17.8 Å². The van der Waals surface area contributed by atoms with Gasteiger partial charge in [-0.1, -0.05) is 18.2 Å². The summed E-state index contributed by atoms with van der Waals surface area (Å²) in [7, 11) is 0. The number of rotatable bonds is 5. The van der Waals surface area contributed by atoms with Crippen molar-refractivity contribution in [3.63, 3.8) is 0 Å². The fraction of sp³-hybridized carbons (Fsp3) is 0.565. The molecule has 4 fully saturated rings. The number of carbonyl (C=O) groups excluding carboxylic acids is 4. The molecule has 0 atom stereocenters. The number of amides is 3. The van der Waals surface area contributed by atoms with Gasteiger partial charge in [0.2, 0.25) is 5.91 Å². The number of ether oxygens (including phenoxy) is 1. The first-order valence-electron chi connectivity index (χ1n) is 10.8. The molecule has 7 nitrogen and oxygen atoms in total. The first-order chi connectivity index (χ1) is 14.4. The number of benzene rings is 1. The molecule has 3 amide bonds. The Morgan fingerprint density at radius 2 is 1.67 bits per heavy atom. The molecule has 0 saturated heterocycles. The summed E-state index contributed by atoms with van der Waals surface area (Å²) in [6.45, 7) is -0.857. The van der Waals surface area contributed by atoms with E-state index in [0.29, 0.717) is 28.9 Å². The maximum absolute atomic E-state index is 12.5. The summed E-state index contributed by atoms with van der Waals surface area (Å²) in [6.07, 6.45) is 6.99. The topological polar surface area (TPSA) is 92.8 Å². The first kappa shape index (κ1) is 19.3. The number of fused-ring (bicyclic) bond motifs is 1. The van der Waals surface area contributed by atoms with Crippen LogP contribution in [0, 0.1) is 17.8 Å². The molecule has 4 bridgehead atoms. The van der Waals surface area contributed by atoms with E-state index in [2.05, 4.69) is 5.32 Å². The summed E-state index contributed by atoms with van der Waals surface area (Å²) < 4.78 is 5.11. The van der Waals surface area contributed by atoms with Crippen molar-refractivity contribution in [2.45, 2.75) is 50.5 Å². The molecule has 0 unspecified atom stereocenters. The van der Waals surface area contributed by atoms with Gasteiger partial charge in [0.1, 0.15) is 6.54 Å². The molecular formula is C23H26N2O5. The van der Waals surface area contributed by atoms with Crippen LogP contribution in [0.4, 0.5) is 0 Å². The lowest BCUT2D eigenvalue weighted by Crippen LogP contribution is -2.60. The van der Waals surface area contributed by atoms with Crippen LogP contribution in [0.1, 0.15) is 54.4 Å². The van der Waals surface area contributed by atoms with E-state index in [0.717, 1.165) is 24.2 Å². The number of hydrogen-bond acceptors (Lipinski definition) is 5. The van der Waals surface area contributed by atoms with Gasteiger partial charge in [-0.05, 0) is 67.9 Å². The van der Waals surface area contributed by atoms with Gasteiger partial charge in [0.25, 0.3) is 11.8 Å². The number of carbonyl (C=O) groups is 4. The molecular weight excluding hydrogens is 384 g/mol. The largest absolute Gasteiger partial charge is 0.454 e. The van der Waals surface area contributed by atoms with Crippen molar-refractivity contribution in [1.82, 2.24) is 10.2 Å². The van der Waals surface area contributed by atoms with E-state index in [1.54, 1.807) is 24.3 Å². The molecule has 0 spiro atoms. The third kappa shape index (κ3) is 3.50. The van der Waals surface area contributed by atoms with E-state index in [9.17, 15) is 19.2 Å². The second-order valence-electron chi connectivity index (χ2n) is 9.53. The zero-order valence-electron chi connectivity index (χ0n) is 16.9. The van der Waals surface area contributed by atoms with E-state index in [1.807, 2.05) is 0 Å². The third-order valence-corrected chi connectivity index (χ3v) is 7.23. The fourth-order valence-electron chi connectivity index (χ4n) is 6.48. The molecule has 1 heterocycles. The molecule has 1 aromatic rings. The summed E-state index contributed by atoms with van der Waals surface area (Å²) in [5.74, 6) is 0.128. The van der Waals surface area contributed by atoms with Gasteiger partial charge in [-0.2, -0.15) is 0 Å². The molecule has 5 aliphatic rings. The Balaban J connectivity index is 1.15. The molecule has 4 aliphatic carbocycles. The van der Waals surface area contributed by atoms with Gasteiger partial charge >= 0.3 is 5.97 Å². The van der Waals surface area contributed by atoms with E-state index in [4.69, 9.17) is 4.74 Å². The van der Waals surface area contributed by atoms with Gasteiger partial charge < -0.3 is 10.1 Å². The molecule has 1 aromatic carbocycles. The lowest BCUT2D eigenvalue weighted by Gasteiger charge is -2.56. The maximum atomic E-state index is 12.5. The van der Waals surface area contributed by atoms with Crippen LogP contribution in [0.15, 0.2) is 24.3 Å². The monoisotopic (exact) mass is 410 g/mol. The van der Waals surface area contributed by atoms with Crippen molar-refractivity contribution >= 4 is 23.7 Å². The van der Waals surface area contributed by atoms with Crippen LogP contribution in [-0.4, -0.2) is 47.3 Å². The van der Waals surface area contributed by atoms with E-state index >= 15 is 0 Å². The Bertz CT molecular complexity index is 889. The quantitative estimate of drug-likeness (QED) is 0.591. The zero-order chi connectivity index (χ0) is 20.9. The Kier molecular flexibility index (Phi) is 4.64. The highest BCUT2D eigenvalue weighted by atomic mass is 16.5. The molecule has 7 heteroatoms. The SMILES string of the molecule is O=C(COC(=O)CN1C(=O)Cc2ccccc2C1=O)NC12CC3CC(CC(C3)C1)C2. The van der Waals surface area contributed by atoms with Crippen LogP contribution >= 0.6 is 0 Å². The minimum absolute atomic E-state index is 0.0711. The third-order valence-electron chi connectivity index (χ3n) is 7.23. The normalized spacial score (nSPS) is 31.5. The zero-order valence-corrected chi connectivity index (χ0v) is 16.9. The van der Waals surface area contributed by atoms with E-state index in [-0.39, 0.29) is 24.5 Å². The van der Waals surface area contributed by atoms with Gasteiger partial charge in [-0.3, -0.25) is 24.1 Å². The summed E-state index contributed by atoms with van der Waals surface area (Å²) in [4.78, 5) is 50.4. The van der Waals surface area contributed by atoms with Crippen LogP contribution in [0.25, 0.3) is 0 Å². The summed E-state index contributed by atoms with van der Waals surface area (Å²) in [5, 5.41) is 3.15. The van der Waals surface area contributed by atoms with Gasteiger partial charge in [0, 0.05) is 11.1 Å². The van der Waals surface area contributed by atoms with Gasteiger partial charge in [0.05, 0.1) is 6.42 Å². The molecule has 4 saturated carbocycles. The van der Waals surface area contributed by atoms with Crippen molar-refractivity contribution in [3.05, 3.63) is 35.4 Å². The summed E-state index contributed by atoms with van der Waals surface area (Å²) in [6, 6.07) is 6.86. The van der Waals surface area contributed by atoms with Crippen LogP contribution in [0.5, 0.6) is 0 Å². The molecule has 158 valence electrons. The first-order valence-corrected chi connectivity index (χ1v) is 10.8. The second kappa shape index (κ2) is 7.22. The second-order valence-corrected chi connectivity index (χ2v) is 9.53. The van der Waals surface area contributed by atoms with Crippen LogP contribution in [-0.2, 0) is 25.5 Å². The van der Waals surface area contributed by atoms with Crippen molar-refractivity contribution in [1.29, 1.82) is 0 Å². The summed E-state index contributed by atoms with van der Waals surface area (Å²) in [5.41, 5.74) is 0.942. The predicted octanol–water partition coefficient (Wildman–Crippen LogP) is 1.84. The van der Waals surface area contributed by atoms with Crippen molar-refractivity contribution in [2.75, 3.05) is 13.2 Å². The lowest BCUT2D eigenvalue weighted by atomic mass is 9.53. The average molecular weight is 410 g/mol. The molecule has 1 aliphatic heterocycles. The number of nitrogens with zero attached hydrogens (tertiary/aromatic N) is 1. The lowest BCUT2D eigenvalue weighted by molar-refractivity contribution is -0.152. The number of esters is 1. The number of nitrogens with one attached hydrogen (secondary N) is 1. The van der Waals surface area contributed by atoms with Crippen LogP contribution in [0.2, 0.25) is 0 Å². The number of hydrogen-bond donors (Lipinski definition) is 1. The minimum Gasteiger partial charge on any atom is -0.454 e. The highest BCUT2D eigenvalue weighted by Crippen LogP contribution is 2.55. The Morgan fingerprint density at radius 1 is 1.03 bits per heavy atom. The minimum atomic E-state index is -0.753. The highest BCUT2D eigenvalue weighted by Gasteiger charge is 2.51. The molecule has 6 rings (SSSR count). The van der Waals surface area contributed by atoms with Gasteiger partial charge in [-0.15, -0.1) is 0 Å². The Labute approximate surface area is 175 Å². The van der Waals surface area contributed by atoms with Gasteiger partial charge in [0.15, 0.2) is 6.61 Å². The average Bonchev–Trinajstić information content (AvgIpc) is 2.68. The fourth-order valence-corrected chi connectivity index (χ4v) is 6.48. The smallest absolute Gasteiger partial charge is 0.326 e. The molecule has 0 radical (unpaired) electrons. The van der Waals surface area contributed by atoms with E-state index < -0.39 is 24.3 Å². The summed E-state index contributed by atoms with van der Waals surface area (Å²) >= 11 is 0. The van der Waals surface area contributed by atoms with Crippen molar-refractivity contribution < 1.29 is 23.9 Å². The van der Waals surface area contributed by atoms with Crippen LogP contribution < -0.4 is 5.32 Å². The van der Waals surface area contributed by atoms with Gasteiger partial charge in [-0.25, -0.2) is 0 Å². The van der Waals surface area contributed by atoms with E-state index in [1.165, 1.54) is 19.3 Å². The maximum Gasteiger partial charge on any atom is 0.326 e. The Morgan fingerprint density at radius 3 is 2.33 bits per heavy atom. The molecule has 1 N–H and O–H groups in total. The Hall–Kier alpha value is -2.70. The molecule has 30 heavy (non-hydrogen) atoms. The van der Waals surface area contributed by atoms with Crippen LogP contribution in [0.3, 0.4) is 0 Å². The predicted molar refractivity (Wildman–Crippen MR) is 106 cm³/mol. The number of imide groups is 1. The van der Waals surface area contributed by atoms with Crippen molar-refractivity contribution in [3.8, 4) is 0 Å².